The first-order valence-corrected chi connectivity index (χ1v) is 10.4. The van der Waals surface area contributed by atoms with E-state index in [4.69, 9.17) is 15.5 Å². The summed E-state index contributed by atoms with van der Waals surface area (Å²) in [5, 5.41) is 0.830. The number of aromatic nitrogens is 3. The number of anilines is 1. The molecule has 0 radical (unpaired) electrons. The van der Waals surface area contributed by atoms with Gasteiger partial charge in [-0.1, -0.05) is 42.5 Å². The Morgan fingerprint density at radius 3 is 2.56 bits per heavy atom. The van der Waals surface area contributed by atoms with Crippen LogP contribution in [0.5, 0.6) is 5.75 Å². The van der Waals surface area contributed by atoms with Crippen LogP contribution in [0, 0.1) is 6.92 Å². The Balaban J connectivity index is 1.54. The number of hydrogen-bond donors (Lipinski definition) is 1. The van der Waals surface area contributed by atoms with E-state index in [1.165, 1.54) is 6.33 Å². The fourth-order valence-corrected chi connectivity index (χ4v) is 3.82. The Labute approximate surface area is 186 Å². The van der Waals surface area contributed by atoms with Crippen LogP contribution in [0.4, 0.5) is 5.82 Å². The third-order valence-corrected chi connectivity index (χ3v) is 5.36. The van der Waals surface area contributed by atoms with Gasteiger partial charge >= 0.3 is 0 Å². The number of fused-ring (bicyclic) bond motifs is 1. The molecule has 0 spiro atoms. The molecular formula is C27H22N4O. The highest BCUT2D eigenvalue weighted by molar-refractivity contribution is 5.93. The molecule has 32 heavy (non-hydrogen) atoms. The molecule has 5 rings (SSSR count). The fraction of sp³-hybridized carbons (Fsp3) is 0.0741. The average Bonchev–Trinajstić information content (AvgIpc) is 2.83. The van der Waals surface area contributed by atoms with Crippen LogP contribution < -0.4 is 10.5 Å². The highest BCUT2D eigenvalue weighted by Crippen LogP contribution is 2.34. The van der Waals surface area contributed by atoms with Crippen LogP contribution in [0.25, 0.3) is 33.3 Å². The smallest absolute Gasteiger partial charge is 0.134 e. The highest BCUT2D eigenvalue weighted by Gasteiger charge is 2.12. The quantitative estimate of drug-likeness (QED) is 0.389. The summed E-state index contributed by atoms with van der Waals surface area (Å²) in [6.45, 7) is 2.58. The molecule has 5 aromatic rings. The van der Waals surface area contributed by atoms with Crippen molar-refractivity contribution in [2.75, 3.05) is 5.73 Å². The molecule has 5 heteroatoms. The number of hydrogen-bond acceptors (Lipinski definition) is 5. The molecule has 2 N–H and O–H groups in total. The van der Waals surface area contributed by atoms with Crippen molar-refractivity contribution >= 4 is 16.7 Å². The summed E-state index contributed by atoms with van der Waals surface area (Å²) in [5.41, 5.74) is 13.1. The van der Waals surface area contributed by atoms with E-state index in [2.05, 4.69) is 41.2 Å². The highest BCUT2D eigenvalue weighted by atomic mass is 16.5. The van der Waals surface area contributed by atoms with Crippen molar-refractivity contribution in [1.82, 2.24) is 15.0 Å². The number of pyridine rings is 1. The van der Waals surface area contributed by atoms with Gasteiger partial charge in [0.25, 0.3) is 0 Å². The van der Waals surface area contributed by atoms with Gasteiger partial charge in [-0.3, -0.25) is 4.98 Å². The van der Waals surface area contributed by atoms with Crippen LogP contribution in [0.1, 0.15) is 11.1 Å². The maximum absolute atomic E-state index is 6.09. The molecule has 0 aliphatic rings. The van der Waals surface area contributed by atoms with Gasteiger partial charge < -0.3 is 10.5 Å². The normalized spacial score (nSPS) is 10.9. The number of nitrogens with two attached hydrogens (primary N) is 1. The second-order valence-corrected chi connectivity index (χ2v) is 7.70. The first kappa shape index (κ1) is 19.7. The monoisotopic (exact) mass is 418 g/mol. The van der Waals surface area contributed by atoms with Crippen LogP contribution in [0.2, 0.25) is 0 Å². The molecule has 156 valence electrons. The number of aryl methyl sites for hydroxylation is 1. The van der Waals surface area contributed by atoms with Gasteiger partial charge in [0.2, 0.25) is 0 Å². The molecule has 0 aliphatic heterocycles. The molecule has 0 unspecified atom stereocenters. The second-order valence-electron chi connectivity index (χ2n) is 7.70. The average molecular weight is 419 g/mol. The number of ether oxygens (including phenoxy) is 1. The van der Waals surface area contributed by atoms with Crippen molar-refractivity contribution in [3.8, 4) is 28.1 Å². The van der Waals surface area contributed by atoms with Crippen LogP contribution in [-0.2, 0) is 6.61 Å². The molecule has 0 saturated heterocycles. The summed E-state index contributed by atoms with van der Waals surface area (Å²) in [6.07, 6.45) is 3.29. The molecule has 2 heterocycles. The minimum atomic E-state index is 0.467. The van der Waals surface area contributed by atoms with Gasteiger partial charge in [0.05, 0.1) is 11.2 Å². The zero-order valence-electron chi connectivity index (χ0n) is 17.7. The van der Waals surface area contributed by atoms with E-state index in [9.17, 15) is 0 Å². The first-order chi connectivity index (χ1) is 15.7. The van der Waals surface area contributed by atoms with Gasteiger partial charge in [0.1, 0.15) is 24.5 Å². The summed E-state index contributed by atoms with van der Waals surface area (Å²) in [4.78, 5) is 13.1. The Kier molecular flexibility index (Phi) is 5.22. The van der Waals surface area contributed by atoms with E-state index in [1.807, 2.05) is 60.8 Å². The van der Waals surface area contributed by atoms with Crippen molar-refractivity contribution in [2.24, 2.45) is 0 Å². The van der Waals surface area contributed by atoms with Crippen LogP contribution in [0.3, 0.4) is 0 Å². The van der Waals surface area contributed by atoms with Crippen molar-refractivity contribution in [3.63, 3.8) is 0 Å². The topological polar surface area (TPSA) is 73.9 Å². The Morgan fingerprint density at radius 2 is 1.69 bits per heavy atom. The molecule has 5 nitrogen and oxygen atoms in total. The van der Waals surface area contributed by atoms with E-state index in [0.717, 1.165) is 50.2 Å². The van der Waals surface area contributed by atoms with Crippen molar-refractivity contribution in [1.29, 1.82) is 0 Å². The number of benzene rings is 3. The van der Waals surface area contributed by atoms with Crippen molar-refractivity contribution < 1.29 is 4.74 Å². The molecule has 0 atom stereocenters. The molecule has 0 fully saturated rings. The lowest BCUT2D eigenvalue weighted by Gasteiger charge is -2.13. The Hall–Kier alpha value is -4.25. The molecule has 0 amide bonds. The lowest BCUT2D eigenvalue weighted by Crippen LogP contribution is -1.97. The van der Waals surface area contributed by atoms with E-state index >= 15 is 0 Å². The third kappa shape index (κ3) is 4.01. The standard InChI is InChI=1S/C27H22N4O/c1-18-12-21(14-22(13-18)32-16-19-6-3-2-4-7-19)26-23(8-5-11-29-26)20-9-10-25-24(15-20)27(28)31-17-30-25/h2-15,17H,16H2,1H3,(H2,28,30,31). The van der Waals surface area contributed by atoms with Crippen molar-refractivity contribution in [2.45, 2.75) is 13.5 Å². The number of nitrogen functional groups attached to an aromatic ring is 1. The Bertz CT molecular complexity index is 1400. The largest absolute Gasteiger partial charge is 0.489 e. The van der Waals surface area contributed by atoms with Gasteiger partial charge in [-0.25, -0.2) is 9.97 Å². The number of rotatable bonds is 5. The summed E-state index contributed by atoms with van der Waals surface area (Å²) in [5.74, 6) is 1.28. The Morgan fingerprint density at radius 1 is 0.812 bits per heavy atom. The molecule has 0 aliphatic carbocycles. The second kappa shape index (κ2) is 8.47. The fourth-order valence-electron chi connectivity index (χ4n) is 3.82. The van der Waals surface area contributed by atoms with Crippen LogP contribution >= 0.6 is 0 Å². The molecule has 0 bridgehead atoms. The van der Waals surface area contributed by atoms with E-state index < -0.39 is 0 Å². The summed E-state index contributed by atoms with van der Waals surface area (Å²) < 4.78 is 6.09. The summed E-state index contributed by atoms with van der Waals surface area (Å²) in [6, 6.07) is 26.4. The maximum Gasteiger partial charge on any atom is 0.134 e. The van der Waals surface area contributed by atoms with Gasteiger partial charge in [-0.15, -0.1) is 0 Å². The molecule has 2 aromatic heterocycles. The van der Waals surface area contributed by atoms with Crippen LogP contribution in [-0.4, -0.2) is 15.0 Å². The van der Waals surface area contributed by atoms with Gasteiger partial charge in [0, 0.05) is 22.7 Å². The first-order valence-electron chi connectivity index (χ1n) is 10.4. The zero-order valence-corrected chi connectivity index (χ0v) is 17.7. The van der Waals surface area contributed by atoms with E-state index in [0.29, 0.717) is 12.4 Å². The predicted molar refractivity (Wildman–Crippen MR) is 128 cm³/mol. The molecule has 0 saturated carbocycles. The predicted octanol–water partition coefficient (Wildman–Crippen LogP) is 5.83. The van der Waals surface area contributed by atoms with Gasteiger partial charge in [-0.2, -0.15) is 0 Å². The lowest BCUT2D eigenvalue weighted by molar-refractivity contribution is 0.306. The number of nitrogens with zero attached hydrogens (tertiary/aromatic N) is 3. The van der Waals surface area contributed by atoms with Gasteiger partial charge in [0.15, 0.2) is 0 Å². The van der Waals surface area contributed by atoms with E-state index in [-0.39, 0.29) is 0 Å². The summed E-state index contributed by atoms with van der Waals surface area (Å²) in [7, 11) is 0. The molecule has 3 aromatic carbocycles. The van der Waals surface area contributed by atoms with E-state index in [1.54, 1.807) is 0 Å². The lowest BCUT2D eigenvalue weighted by atomic mass is 9.97. The van der Waals surface area contributed by atoms with Gasteiger partial charge in [-0.05, 0) is 60.0 Å². The third-order valence-electron chi connectivity index (χ3n) is 5.36. The zero-order chi connectivity index (χ0) is 21.9. The minimum absolute atomic E-state index is 0.467. The minimum Gasteiger partial charge on any atom is -0.489 e. The summed E-state index contributed by atoms with van der Waals surface area (Å²) >= 11 is 0. The molecular weight excluding hydrogens is 396 g/mol. The van der Waals surface area contributed by atoms with Crippen LogP contribution in [0.15, 0.2) is 91.4 Å². The maximum atomic E-state index is 6.09. The van der Waals surface area contributed by atoms with Crippen molar-refractivity contribution in [3.05, 3.63) is 103 Å². The SMILES string of the molecule is Cc1cc(OCc2ccccc2)cc(-c2ncccc2-c2ccc3ncnc(N)c3c2)c1.